The lowest BCUT2D eigenvalue weighted by atomic mass is 10.1. The lowest BCUT2D eigenvalue weighted by molar-refractivity contribution is -0.151. The Morgan fingerprint density at radius 3 is 1.22 bits per heavy atom. The monoisotopic (exact) mass is 328 g/mol. The molecule has 0 aromatic rings. The molecule has 0 aliphatic rings. The Morgan fingerprint density at radius 1 is 0.652 bits per heavy atom. The third-order valence-corrected chi connectivity index (χ3v) is 3.80. The standard InChI is InChI=1S/C19H36O4/c1-5-10-16(11-6-2)22-18(20)14-9-15-19(21)23-17(12-7-3)13-8-4/h16-17H,5-15H2,1-4H3. The normalized spacial score (nSPS) is 11.0. The van der Waals surface area contributed by atoms with E-state index in [9.17, 15) is 9.59 Å². The highest BCUT2D eigenvalue weighted by molar-refractivity contribution is 5.72. The third-order valence-electron chi connectivity index (χ3n) is 3.80. The topological polar surface area (TPSA) is 52.6 Å². The Bertz CT molecular complexity index is 272. The van der Waals surface area contributed by atoms with Crippen LogP contribution in [0.1, 0.15) is 98.3 Å². The van der Waals surface area contributed by atoms with Gasteiger partial charge in [-0.25, -0.2) is 0 Å². The van der Waals surface area contributed by atoms with Crippen molar-refractivity contribution in [3.8, 4) is 0 Å². The fourth-order valence-corrected chi connectivity index (χ4v) is 2.68. The SMILES string of the molecule is CCCC(CCC)OC(=O)CCCC(=O)OC(CCC)CCC. The van der Waals surface area contributed by atoms with Gasteiger partial charge in [0.15, 0.2) is 0 Å². The van der Waals surface area contributed by atoms with Crippen molar-refractivity contribution in [1.82, 2.24) is 0 Å². The summed E-state index contributed by atoms with van der Waals surface area (Å²) in [5.74, 6) is -0.383. The quantitative estimate of drug-likeness (QED) is 0.412. The molecule has 0 aliphatic carbocycles. The van der Waals surface area contributed by atoms with E-state index in [0.717, 1.165) is 51.4 Å². The summed E-state index contributed by atoms with van der Waals surface area (Å²) >= 11 is 0. The summed E-state index contributed by atoms with van der Waals surface area (Å²) in [5.41, 5.74) is 0. The van der Waals surface area contributed by atoms with E-state index in [0.29, 0.717) is 19.3 Å². The summed E-state index contributed by atoms with van der Waals surface area (Å²) in [7, 11) is 0. The van der Waals surface area contributed by atoms with Crippen LogP contribution in [0.15, 0.2) is 0 Å². The van der Waals surface area contributed by atoms with E-state index in [1.807, 2.05) is 0 Å². The first kappa shape index (κ1) is 21.9. The molecule has 0 rings (SSSR count). The largest absolute Gasteiger partial charge is 0.462 e. The summed E-state index contributed by atoms with van der Waals surface area (Å²) in [6.45, 7) is 8.37. The zero-order valence-corrected chi connectivity index (χ0v) is 15.6. The van der Waals surface area contributed by atoms with Crippen molar-refractivity contribution >= 4 is 11.9 Å². The fourth-order valence-electron chi connectivity index (χ4n) is 2.68. The summed E-state index contributed by atoms with van der Waals surface area (Å²) in [6, 6.07) is 0. The molecule has 0 atom stereocenters. The number of rotatable bonds is 14. The van der Waals surface area contributed by atoms with Gasteiger partial charge in [-0.2, -0.15) is 0 Å². The molecule has 136 valence electrons. The van der Waals surface area contributed by atoms with Crippen molar-refractivity contribution in [3.63, 3.8) is 0 Å². The van der Waals surface area contributed by atoms with Gasteiger partial charge in [0.1, 0.15) is 12.2 Å². The summed E-state index contributed by atoms with van der Waals surface area (Å²) in [6.07, 6.45) is 8.88. The molecule has 0 fully saturated rings. The van der Waals surface area contributed by atoms with Crippen LogP contribution in [0.25, 0.3) is 0 Å². The second kappa shape index (κ2) is 14.5. The highest BCUT2D eigenvalue weighted by Gasteiger charge is 2.15. The zero-order valence-electron chi connectivity index (χ0n) is 15.6. The van der Waals surface area contributed by atoms with E-state index >= 15 is 0 Å². The van der Waals surface area contributed by atoms with Gasteiger partial charge in [0.2, 0.25) is 0 Å². The maximum atomic E-state index is 11.8. The van der Waals surface area contributed by atoms with Gasteiger partial charge in [-0.15, -0.1) is 0 Å². The summed E-state index contributed by atoms with van der Waals surface area (Å²) in [5, 5.41) is 0. The van der Waals surface area contributed by atoms with Crippen LogP contribution in [0.5, 0.6) is 0 Å². The molecule has 0 saturated carbocycles. The molecule has 0 amide bonds. The van der Waals surface area contributed by atoms with Crippen LogP contribution < -0.4 is 0 Å². The van der Waals surface area contributed by atoms with E-state index in [4.69, 9.17) is 9.47 Å². The number of hydrogen-bond donors (Lipinski definition) is 0. The number of carbonyl (C=O) groups is 2. The van der Waals surface area contributed by atoms with Gasteiger partial charge in [-0.3, -0.25) is 9.59 Å². The van der Waals surface area contributed by atoms with Crippen LogP contribution in [0, 0.1) is 0 Å². The van der Waals surface area contributed by atoms with Crippen LogP contribution in [0.2, 0.25) is 0 Å². The molecule has 0 radical (unpaired) electrons. The van der Waals surface area contributed by atoms with Gasteiger partial charge < -0.3 is 9.47 Å². The van der Waals surface area contributed by atoms with Gasteiger partial charge in [-0.1, -0.05) is 53.4 Å². The van der Waals surface area contributed by atoms with Crippen LogP contribution in [0.4, 0.5) is 0 Å². The number of esters is 2. The molecular weight excluding hydrogens is 292 g/mol. The average molecular weight is 328 g/mol. The lowest BCUT2D eigenvalue weighted by Gasteiger charge is -2.17. The highest BCUT2D eigenvalue weighted by Crippen LogP contribution is 2.13. The number of carbonyl (C=O) groups excluding carboxylic acids is 2. The summed E-state index contributed by atoms with van der Waals surface area (Å²) in [4.78, 5) is 23.7. The van der Waals surface area contributed by atoms with Crippen molar-refractivity contribution in [1.29, 1.82) is 0 Å². The predicted octanol–water partition coefficient (Wildman–Crippen LogP) is 5.18. The minimum atomic E-state index is -0.191. The van der Waals surface area contributed by atoms with E-state index in [1.54, 1.807) is 0 Å². The molecule has 0 bridgehead atoms. The second-order valence-electron chi connectivity index (χ2n) is 6.23. The molecule has 0 aromatic heterocycles. The number of hydrogen-bond acceptors (Lipinski definition) is 4. The van der Waals surface area contributed by atoms with Gasteiger partial charge >= 0.3 is 11.9 Å². The van der Waals surface area contributed by atoms with Gasteiger partial charge in [0, 0.05) is 12.8 Å². The van der Waals surface area contributed by atoms with Gasteiger partial charge in [-0.05, 0) is 32.1 Å². The van der Waals surface area contributed by atoms with Crippen LogP contribution in [-0.4, -0.2) is 24.1 Å². The molecule has 0 N–H and O–H groups in total. The van der Waals surface area contributed by atoms with E-state index in [-0.39, 0.29) is 24.1 Å². The van der Waals surface area contributed by atoms with Crippen molar-refractivity contribution in [2.45, 2.75) is 111 Å². The lowest BCUT2D eigenvalue weighted by Crippen LogP contribution is -2.19. The molecular formula is C19H36O4. The first-order valence-corrected chi connectivity index (χ1v) is 9.46. The van der Waals surface area contributed by atoms with Gasteiger partial charge in [0.05, 0.1) is 0 Å². The Kier molecular flexibility index (Phi) is 13.9. The van der Waals surface area contributed by atoms with Crippen molar-refractivity contribution in [2.24, 2.45) is 0 Å². The summed E-state index contributed by atoms with van der Waals surface area (Å²) < 4.78 is 11.0. The van der Waals surface area contributed by atoms with Crippen LogP contribution >= 0.6 is 0 Å². The molecule has 0 unspecified atom stereocenters. The average Bonchev–Trinajstić information content (AvgIpc) is 2.48. The maximum Gasteiger partial charge on any atom is 0.306 e. The second-order valence-corrected chi connectivity index (χ2v) is 6.23. The first-order valence-electron chi connectivity index (χ1n) is 9.46. The highest BCUT2D eigenvalue weighted by atomic mass is 16.5. The van der Waals surface area contributed by atoms with Crippen LogP contribution in [-0.2, 0) is 19.1 Å². The minimum absolute atomic E-state index is 0.0305. The van der Waals surface area contributed by atoms with Gasteiger partial charge in [0.25, 0.3) is 0 Å². The third kappa shape index (κ3) is 12.1. The molecule has 0 aromatic carbocycles. The zero-order chi connectivity index (χ0) is 17.5. The molecule has 0 heterocycles. The Morgan fingerprint density at radius 2 is 0.957 bits per heavy atom. The smallest absolute Gasteiger partial charge is 0.306 e. The maximum absolute atomic E-state index is 11.8. The Labute approximate surface area is 142 Å². The molecule has 4 heteroatoms. The Hall–Kier alpha value is -1.06. The van der Waals surface area contributed by atoms with E-state index in [1.165, 1.54) is 0 Å². The molecule has 0 spiro atoms. The minimum Gasteiger partial charge on any atom is -0.462 e. The molecule has 0 saturated heterocycles. The fraction of sp³-hybridized carbons (Fsp3) is 0.895. The van der Waals surface area contributed by atoms with Crippen molar-refractivity contribution in [3.05, 3.63) is 0 Å². The Balaban J connectivity index is 3.98. The van der Waals surface area contributed by atoms with Crippen molar-refractivity contribution in [2.75, 3.05) is 0 Å². The molecule has 4 nitrogen and oxygen atoms in total. The molecule has 23 heavy (non-hydrogen) atoms. The predicted molar refractivity (Wildman–Crippen MR) is 93.2 cm³/mol. The molecule has 0 aliphatic heterocycles. The van der Waals surface area contributed by atoms with E-state index < -0.39 is 0 Å². The van der Waals surface area contributed by atoms with Crippen LogP contribution in [0.3, 0.4) is 0 Å². The first-order chi connectivity index (χ1) is 11.1. The van der Waals surface area contributed by atoms with E-state index in [2.05, 4.69) is 27.7 Å². The number of ether oxygens (including phenoxy) is 2. The van der Waals surface area contributed by atoms with Crippen molar-refractivity contribution < 1.29 is 19.1 Å².